The van der Waals surface area contributed by atoms with Crippen molar-refractivity contribution in [1.29, 1.82) is 0 Å². The Kier molecular flexibility index (Phi) is 6.81. The van der Waals surface area contributed by atoms with Crippen LogP contribution in [0.3, 0.4) is 0 Å². The summed E-state index contributed by atoms with van der Waals surface area (Å²) in [7, 11) is 0. The monoisotopic (exact) mass is 405 g/mol. The van der Waals surface area contributed by atoms with Gasteiger partial charge in [-0.05, 0) is 47.5 Å². The molecule has 0 spiro atoms. The summed E-state index contributed by atoms with van der Waals surface area (Å²) < 4.78 is 5.98. The smallest absolute Gasteiger partial charge is 0.124 e. The van der Waals surface area contributed by atoms with Crippen LogP contribution in [0.15, 0.2) is 66.7 Å². The van der Waals surface area contributed by atoms with Gasteiger partial charge in [-0.3, -0.25) is 0 Å². The van der Waals surface area contributed by atoms with E-state index in [4.69, 9.17) is 39.5 Å². The summed E-state index contributed by atoms with van der Waals surface area (Å²) in [5.74, 6) is 0.793. The van der Waals surface area contributed by atoms with Crippen LogP contribution in [0.5, 0.6) is 5.75 Å². The second kappa shape index (κ2) is 9.29. The lowest BCUT2D eigenvalue weighted by atomic mass is 10.1. The van der Waals surface area contributed by atoms with Gasteiger partial charge in [0.05, 0.1) is 0 Å². The molecule has 0 saturated heterocycles. The fourth-order valence-electron chi connectivity index (χ4n) is 2.59. The van der Waals surface area contributed by atoms with Crippen molar-refractivity contribution in [2.75, 3.05) is 0 Å². The molecule has 0 fully saturated rings. The topological polar surface area (TPSA) is 21.3 Å². The SMILES string of the molecule is Clc1cccc(COc2ccc(Cl)cc2CNCc2ccccc2Cl)c1. The van der Waals surface area contributed by atoms with Crippen molar-refractivity contribution in [3.05, 3.63) is 98.5 Å². The standard InChI is InChI=1S/C21H18Cl3NO/c22-18-6-3-4-15(10-18)14-26-21-9-8-19(23)11-17(21)13-25-12-16-5-1-2-7-20(16)24/h1-11,25H,12-14H2. The highest BCUT2D eigenvalue weighted by atomic mass is 35.5. The maximum absolute atomic E-state index is 6.20. The summed E-state index contributed by atoms with van der Waals surface area (Å²) in [5, 5.41) is 5.52. The van der Waals surface area contributed by atoms with E-state index in [1.54, 1.807) is 0 Å². The van der Waals surface area contributed by atoms with Gasteiger partial charge in [-0.25, -0.2) is 0 Å². The molecular formula is C21H18Cl3NO. The minimum atomic E-state index is 0.444. The van der Waals surface area contributed by atoms with Gasteiger partial charge in [0.1, 0.15) is 12.4 Å². The quantitative estimate of drug-likeness (QED) is 0.482. The maximum Gasteiger partial charge on any atom is 0.124 e. The van der Waals surface area contributed by atoms with Crippen molar-refractivity contribution in [2.24, 2.45) is 0 Å². The van der Waals surface area contributed by atoms with E-state index in [9.17, 15) is 0 Å². The van der Waals surface area contributed by atoms with E-state index in [1.807, 2.05) is 66.7 Å². The number of hydrogen-bond acceptors (Lipinski definition) is 2. The number of rotatable bonds is 7. The summed E-state index contributed by atoms with van der Waals surface area (Å²) in [6.07, 6.45) is 0. The average molecular weight is 407 g/mol. The maximum atomic E-state index is 6.20. The van der Waals surface area contributed by atoms with Crippen molar-refractivity contribution in [1.82, 2.24) is 5.32 Å². The lowest BCUT2D eigenvalue weighted by Crippen LogP contribution is -2.14. The second-order valence-corrected chi connectivity index (χ2v) is 7.15. The van der Waals surface area contributed by atoms with E-state index in [-0.39, 0.29) is 0 Å². The van der Waals surface area contributed by atoms with Crippen molar-refractivity contribution in [3.8, 4) is 5.75 Å². The van der Waals surface area contributed by atoms with Crippen LogP contribution in [0, 0.1) is 0 Å². The Bertz CT molecular complexity index is 883. The van der Waals surface area contributed by atoms with Crippen molar-refractivity contribution in [2.45, 2.75) is 19.7 Å². The first-order valence-corrected chi connectivity index (χ1v) is 9.35. The van der Waals surface area contributed by atoms with Crippen molar-refractivity contribution >= 4 is 34.8 Å². The van der Waals surface area contributed by atoms with Crippen LogP contribution in [0.2, 0.25) is 15.1 Å². The predicted molar refractivity (Wildman–Crippen MR) is 109 cm³/mol. The predicted octanol–water partition coefficient (Wildman–Crippen LogP) is 6.52. The van der Waals surface area contributed by atoms with Gasteiger partial charge in [0.2, 0.25) is 0 Å². The van der Waals surface area contributed by atoms with E-state index in [0.29, 0.717) is 29.7 Å². The van der Waals surface area contributed by atoms with E-state index in [1.165, 1.54) is 0 Å². The minimum absolute atomic E-state index is 0.444. The van der Waals surface area contributed by atoms with Gasteiger partial charge < -0.3 is 10.1 Å². The minimum Gasteiger partial charge on any atom is -0.489 e. The molecule has 5 heteroatoms. The van der Waals surface area contributed by atoms with E-state index in [2.05, 4.69) is 5.32 Å². The largest absolute Gasteiger partial charge is 0.489 e. The van der Waals surface area contributed by atoms with Crippen LogP contribution in [-0.4, -0.2) is 0 Å². The van der Waals surface area contributed by atoms with E-state index in [0.717, 1.165) is 27.5 Å². The van der Waals surface area contributed by atoms with Crippen LogP contribution in [0.1, 0.15) is 16.7 Å². The third-order valence-corrected chi connectivity index (χ3v) is 4.73. The first kappa shape index (κ1) is 19.1. The highest BCUT2D eigenvalue weighted by molar-refractivity contribution is 6.31. The zero-order valence-corrected chi connectivity index (χ0v) is 16.3. The molecular weight excluding hydrogens is 389 g/mol. The molecule has 0 aliphatic heterocycles. The Morgan fingerprint density at radius 1 is 0.731 bits per heavy atom. The molecule has 0 heterocycles. The average Bonchev–Trinajstić information content (AvgIpc) is 2.63. The molecule has 0 radical (unpaired) electrons. The van der Waals surface area contributed by atoms with Crippen LogP contribution in [0.25, 0.3) is 0 Å². The molecule has 0 unspecified atom stereocenters. The Morgan fingerprint density at radius 2 is 1.50 bits per heavy atom. The fourth-order valence-corrected chi connectivity index (χ4v) is 3.20. The Labute approximate surface area is 168 Å². The molecule has 1 N–H and O–H groups in total. The van der Waals surface area contributed by atoms with Gasteiger partial charge in [-0.15, -0.1) is 0 Å². The van der Waals surface area contributed by atoms with Crippen LogP contribution in [-0.2, 0) is 19.7 Å². The summed E-state index contributed by atoms with van der Waals surface area (Å²) >= 11 is 18.4. The summed E-state index contributed by atoms with van der Waals surface area (Å²) in [4.78, 5) is 0. The second-order valence-electron chi connectivity index (χ2n) is 5.87. The number of ether oxygens (including phenoxy) is 1. The summed E-state index contributed by atoms with van der Waals surface area (Å²) in [5.41, 5.74) is 3.06. The summed E-state index contributed by atoms with van der Waals surface area (Å²) in [6, 6.07) is 21.0. The molecule has 0 aliphatic carbocycles. The van der Waals surface area contributed by atoms with Crippen LogP contribution < -0.4 is 10.1 Å². The molecule has 3 aromatic rings. The summed E-state index contributed by atoms with van der Waals surface area (Å²) in [6.45, 7) is 1.73. The third-order valence-electron chi connectivity index (χ3n) is 3.89. The molecule has 0 aliphatic rings. The Morgan fingerprint density at radius 3 is 2.31 bits per heavy atom. The van der Waals surface area contributed by atoms with Crippen LogP contribution >= 0.6 is 34.8 Å². The molecule has 0 amide bonds. The number of hydrogen-bond donors (Lipinski definition) is 1. The highest BCUT2D eigenvalue weighted by Crippen LogP contribution is 2.24. The van der Waals surface area contributed by atoms with E-state index >= 15 is 0 Å². The molecule has 0 bridgehead atoms. The number of benzene rings is 3. The molecule has 0 aromatic heterocycles. The number of nitrogens with one attached hydrogen (secondary N) is 1. The van der Waals surface area contributed by atoms with Gasteiger partial charge in [0, 0.05) is 33.7 Å². The van der Waals surface area contributed by atoms with Gasteiger partial charge >= 0.3 is 0 Å². The molecule has 0 saturated carbocycles. The van der Waals surface area contributed by atoms with Gasteiger partial charge in [-0.2, -0.15) is 0 Å². The van der Waals surface area contributed by atoms with Crippen LogP contribution in [0.4, 0.5) is 0 Å². The molecule has 2 nitrogen and oxygen atoms in total. The Hall–Kier alpha value is -1.71. The first-order chi connectivity index (χ1) is 12.6. The lowest BCUT2D eigenvalue weighted by Gasteiger charge is -2.13. The fraction of sp³-hybridized carbons (Fsp3) is 0.143. The van der Waals surface area contributed by atoms with Gasteiger partial charge in [-0.1, -0.05) is 65.1 Å². The normalized spacial score (nSPS) is 10.7. The molecule has 0 atom stereocenters. The van der Waals surface area contributed by atoms with Crippen molar-refractivity contribution < 1.29 is 4.74 Å². The zero-order chi connectivity index (χ0) is 18.4. The first-order valence-electron chi connectivity index (χ1n) is 8.21. The lowest BCUT2D eigenvalue weighted by molar-refractivity contribution is 0.302. The molecule has 26 heavy (non-hydrogen) atoms. The molecule has 3 rings (SSSR count). The molecule has 134 valence electrons. The highest BCUT2D eigenvalue weighted by Gasteiger charge is 2.07. The number of halogens is 3. The molecule has 3 aromatic carbocycles. The Balaban J connectivity index is 1.65. The third kappa shape index (κ3) is 5.39. The zero-order valence-electron chi connectivity index (χ0n) is 14.0. The van der Waals surface area contributed by atoms with Crippen molar-refractivity contribution in [3.63, 3.8) is 0 Å². The van der Waals surface area contributed by atoms with Gasteiger partial charge in [0.25, 0.3) is 0 Å². The van der Waals surface area contributed by atoms with E-state index < -0.39 is 0 Å². The van der Waals surface area contributed by atoms with Gasteiger partial charge in [0.15, 0.2) is 0 Å².